The van der Waals surface area contributed by atoms with Gasteiger partial charge in [-0.05, 0) is 38.5 Å². The lowest BCUT2D eigenvalue weighted by Crippen LogP contribution is -2.30. The van der Waals surface area contributed by atoms with Crippen LogP contribution >= 0.6 is 11.8 Å². The molecule has 1 aromatic heterocycles. The lowest BCUT2D eigenvalue weighted by Gasteiger charge is -2.10. The molecule has 0 fully saturated rings. The van der Waals surface area contributed by atoms with Gasteiger partial charge in [-0.1, -0.05) is 59.3 Å². The summed E-state index contributed by atoms with van der Waals surface area (Å²) in [5.41, 5.74) is 4.27. The predicted molar refractivity (Wildman–Crippen MR) is 103 cm³/mol. The summed E-state index contributed by atoms with van der Waals surface area (Å²) in [7, 11) is 0. The molecule has 0 aliphatic carbocycles. The standard InChI is InChI=1S/C20H21N3O2S/c1-13-7-9-16(10-8-13)12-21-18(24)15(3)26-20-23-22-19(25-20)17-6-4-5-14(2)11-17/h4-11,15H,12H2,1-3H3,(H,21,24)/t15-/m0/s1. The molecular formula is C20H21N3O2S. The lowest BCUT2D eigenvalue weighted by molar-refractivity contribution is -0.120. The predicted octanol–water partition coefficient (Wildman–Crippen LogP) is 4.15. The van der Waals surface area contributed by atoms with Crippen molar-refractivity contribution in [2.45, 2.75) is 37.8 Å². The number of carbonyl (C=O) groups excluding carboxylic acids is 1. The van der Waals surface area contributed by atoms with Gasteiger partial charge in [0.25, 0.3) is 5.22 Å². The highest BCUT2D eigenvalue weighted by molar-refractivity contribution is 8.00. The number of carbonyl (C=O) groups is 1. The minimum absolute atomic E-state index is 0.0640. The van der Waals surface area contributed by atoms with Gasteiger partial charge in [-0.15, -0.1) is 10.2 Å². The van der Waals surface area contributed by atoms with Gasteiger partial charge in [0.05, 0.1) is 5.25 Å². The monoisotopic (exact) mass is 367 g/mol. The summed E-state index contributed by atoms with van der Waals surface area (Å²) in [6.45, 7) is 6.38. The molecule has 1 atom stereocenters. The molecule has 0 aliphatic rings. The van der Waals surface area contributed by atoms with E-state index >= 15 is 0 Å². The molecule has 0 aliphatic heterocycles. The fraction of sp³-hybridized carbons (Fsp3) is 0.250. The second-order valence-corrected chi connectivity index (χ2v) is 7.50. The van der Waals surface area contributed by atoms with E-state index in [-0.39, 0.29) is 11.2 Å². The topological polar surface area (TPSA) is 68.0 Å². The highest BCUT2D eigenvalue weighted by Gasteiger charge is 2.18. The van der Waals surface area contributed by atoms with Gasteiger partial charge in [0, 0.05) is 12.1 Å². The zero-order valence-electron chi connectivity index (χ0n) is 15.0. The number of thioether (sulfide) groups is 1. The average molecular weight is 367 g/mol. The molecule has 5 nitrogen and oxygen atoms in total. The SMILES string of the molecule is Cc1ccc(CNC(=O)[C@H](C)Sc2nnc(-c3cccc(C)c3)o2)cc1. The van der Waals surface area contributed by atoms with Crippen LogP contribution in [0.3, 0.4) is 0 Å². The number of aryl methyl sites for hydroxylation is 2. The highest BCUT2D eigenvalue weighted by Crippen LogP contribution is 2.26. The van der Waals surface area contributed by atoms with Crippen LogP contribution in [0.15, 0.2) is 58.2 Å². The molecule has 134 valence electrons. The Morgan fingerprint density at radius 2 is 1.88 bits per heavy atom. The van der Waals surface area contributed by atoms with Crippen LogP contribution in [0.25, 0.3) is 11.5 Å². The Bertz CT molecular complexity index is 890. The van der Waals surface area contributed by atoms with E-state index in [1.807, 2.05) is 69.3 Å². The molecule has 3 rings (SSSR count). The van der Waals surface area contributed by atoms with E-state index in [1.165, 1.54) is 17.3 Å². The van der Waals surface area contributed by atoms with Crippen LogP contribution < -0.4 is 5.32 Å². The van der Waals surface area contributed by atoms with Crippen molar-refractivity contribution in [3.8, 4) is 11.5 Å². The molecule has 1 heterocycles. The van der Waals surface area contributed by atoms with Gasteiger partial charge >= 0.3 is 0 Å². The molecule has 2 aromatic carbocycles. The maximum atomic E-state index is 12.3. The Balaban J connectivity index is 1.56. The second kappa shape index (κ2) is 8.19. The normalized spacial score (nSPS) is 12.0. The zero-order chi connectivity index (χ0) is 18.5. The maximum absolute atomic E-state index is 12.3. The fourth-order valence-corrected chi connectivity index (χ4v) is 3.10. The molecule has 0 bridgehead atoms. The van der Waals surface area contributed by atoms with Crippen LogP contribution in [-0.2, 0) is 11.3 Å². The van der Waals surface area contributed by atoms with Gasteiger partial charge < -0.3 is 9.73 Å². The molecule has 0 saturated heterocycles. The number of aromatic nitrogens is 2. The van der Waals surface area contributed by atoms with Crippen molar-refractivity contribution in [3.05, 3.63) is 65.2 Å². The van der Waals surface area contributed by atoms with Crippen LogP contribution in [0.2, 0.25) is 0 Å². The van der Waals surface area contributed by atoms with E-state index < -0.39 is 0 Å². The summed E-state index contributed by atoms with van der Waals surface area (Å²) in [6.07, 6.45) is 0. The first-order valence-corrected chi connectivity index (χ1v) is 9.29. The average Bonchev–Trinajstić information content (AvgIpc) is 3.09. The number of hydrogen-bond acceptors (Lipinski definition) is 5. The molecular weight excluding hydrogens is 346 g/mol. The van der Waals surface area contributed by atoms with Gasteiger partial charge in [0.2, 0.25) is 11.8 Å². The van der Waals surface area contributed by atoms with Gasteiger partial charge in [-0.2, -0.15) is 0 Å². The Morgan fingerprint density at radius 3 is 2.62 bits per heavy atom. The summed E-state index contributed by atoms with van der Waals surface area (Å²) in [6, 6.07) is 16.0. The van der Waals surface area contributed by atoms with Crippen molar-refractivity contribution in [2.24, 2.45) is 0 Å². The van der Waals surface area contributed by atoms with E-state index in [2.05, 4.69) is 15.5 Å². The van der Waals surface area contributed by atoms with Crippen LogP contribution in [0.1, 0.15) is 23.6 Å². The molecule has 26 heavy (non-hydrogen) atoms. The number of amides is 1. The first kappa shape index (κ1) is 18.2. The van der Waals surface area contributed by atoms with Crippen molar-refractivity contribution >= 4 is 17.7 Å². The Morgan fingerprint density at radius 1 is 1.12 bits per heavy atom. The van der Waals surface area contributed by atoms with Gasteiger partial charge in [0.15, 0.2) is 0 Å². The minimum Gasteiger partial charge on any atom is -0.411 e. The Hall–Kier alpha value is -2.60. The summed E-state index contributed by atoms with van der Waals surface area (Å²) >= 11 is 1.26. The molecule has 6 heteroatoms. The first-order valence-electron chi connectivity index (χ1n) is 8.42. The molecule has 0 radical (unpaired) electrons. The van der Waals surface area contributed by atoms with E-state index in [4.69, 9.17) is 4.42 Å². The van der Waals surface area contributed by atoms with Gasteiger partial charge in [0.1, 0.15) is 0 Å². The van der Waals surface area contributed by atoms with Crippen LogP contribution in [0, 0.1) is 13.8 Å². The molecule has 0 spiro atoms. The first-order chi connectivity index (χ1) is 12.5. The largest absolute Gasteiger partial charge is 0.411 e. The van der Waals surface area contributed by atoms with Crippen LogP contribution in [0.5, 0.6) is 0 Å². The van der Waals surface area contributed by atoms with Gasteiger partial charge in [-0.25, -0.2) is 0 Å². The fourth-order valence-electron chi connectivity index (χ4n) is 2.40. The zero-order valence-corrected chi connectivity index (χ0v) is 15.8. The molecule has 3 aromatic rings. The summed E-state index contributed by atoms with van der Waals surface area (Å²) < 4.78 is 5.68. The van der Waals surface area contributed by atoms with Crippen molar-refractivity contribution in [1.29, 1.82) is 0 Å². The Labute approximate surface area is 157 Å². The van der Waals surface area contributed by atoms with Crippen molar-refractivity contribution < 1.29 is 9.21 Å². The summed E-state index contributed by atoms with van der Waals surface area (Å²) in [5.74, 6) is 0.398. The van der Waals surface area contributed by atoms with E-state index in [0.29, 0.717) is 17.7 Å². The third-order valence-electron chi connectivity index (χ3n) is 3.91. The molecule has 0 unspecified atom stereocenters. The number of benzene rings is 2. The third-order valence-corrected chi connectivity index (χ3v) is 4.84. The van der Waals surface area contributed by atoms with Gasteiger partial charge in [-0.3, -0.25) is 4.79 Å². The summed E-state index contributed by atoms with van der Waals surface area (Å²) in [5, 5.41) is 11.1. The third kappa shape index (κ3) is 4.73. The lowest BCUT2D eigenvalue weighted by atomic mass is 10.1. The highest BCUT2D eigenvalue weighted by atomic mass is 32.2. The number of nitrogens with one attached hydrogen (secondary N) is 1. The molecule has 1 amide bonds. The second-order valence-electron chi connectivity index (χ2n) is 6.21. The van der Waals surface area contributed by atoms with Crippen molar-refractivity contribution in [1.82, 2.24) is 15.5 Å². The van der Waals surface area contributed by atoms with E-state index in [1.54, 1.807) is 0 Å². The van der Waals surface area contributed by atoms with Crippen LogP contribution in [0.4, 0.5) is 0 Å². The van der Waals surface area contributed by atoms with Crippen LogP contribution in [-0.4, -0.2) is 21.4 Å². The number of nitrogens with zero attached hydrogens (tertiary/aromatic N) is 2. The molecule has 1 N–H and O–H groups in total. The quantitative estimate of drug-likeness (QED) is 0.663. The van der Waals surface area contributed by atoms with Crippen molar-refractivity contribution in [3.63, 3.8) is 0 Å². The molecule has 0 saturated carbocycles. The minimum atomic E-state index is -0.328. The summed E-state index contributed by atoms with van der Waals surface area (Å²) in [4.78, 5) is 12.3. The van der Waals surface area contributed by atoms with E-state index in [0.717, 1.165) is 16.7 Å². The number of rotatable bonds is 6. The smallest absolute Gasteiger partial charge is 0.277 e. The van der Waals surface area contributed by atoms with Crippen molar-refractivity contribution in [2.75, 3.05) is 0 Å². The van der Waals surface area contributed by atoms with E-state index in [9.17, 15) is 4.79 Å². The number of hydrogen-bond donors (Lipinski definition) is 1. The maximum Gasteiger partial charge on any atom is 0.277 e. The Kier molecular flexibility index (Phi) is 5.73.